The first-order chi connectivity index (χ1) is 9.52. The molecule has 1 spiro atoms. The minimum absolute atomic E-state index is 0.212. The first-order valence-corrected chi connectivity index (χ1v) is 5.65. The quantitative estimate of drug-likeness (QED) is 0.745. The number of carbonyl (C=O) groups excluding carboxylic acids is 3. The summed E-state index contributed by atoms with van der Waals surface area (Å²) >= 11 is 0. The molecule has 0 aromatic heterocycles. The molecule has 8 heteroatoms. The summed E-state index contributed by atoms with van der Waals surface area (Å²) in [6, 6.07) is 2.94. The summed E-state index contributed by atoms with van der Waals surface area (Å²) in [7, 11) is 2.86. The molecule has 0 radical (unpaired) electrons. The van der Waals surface area contributed by atoms with E-state index in [1.165, 1.54) is 26.4 Å². The van der Waals surface area contributed by atoms with Crippen molar-refractivity contribution in [1.29, 1.82) is 0 Å². The molecule has 2 aliphatic heterocycles. The van der Waals surface area contributed by atoms with Gasteiger partial charge < -0.3 is 19.5 Å². The van der Waals surface area contributed by atoms with Crippen LogP contribution in [0.4, 0.5) is 10.5 Å². The number of benzene rings is 1. The van der Waals surface area contributed by atoms with Gasteiger partial charge in [0.2, 0.25) is 0 Å². The minimum Gasteiger partial charge on any atom is -0.493 e. The first-order valence-electron chi connectivity index (χ1n) is 5.65. The molecule has 3 rings (SSSR count). The number of amides is 3. The molecule has 2 heterocycles. The van der Waals surface area contributed by atoms with Crippen molar-refractivity contribution in [1.82, 2.24) is 5.32 Å². The fourth-order valence-electron chi connectivity index (χ4n) is 2.32. The van der Waals surface area contributed by atoms with Crippen molar-refractivity contribution in [2.45, 2.75) is 5.60 Å². The normalized spacial score (nSPS) is 23.2. The van der Waals surface area contributed by atoms with Crippen molar-refractivity contribution in [3.8, 4) is 11.5 Å². The number of nitrogens with one attached hydrogen (secondary N) is 2. The molecule has 3 amide bonds. The van der Waals surface area contributed by atoms with E-state index in [1.54, 1.807) is 0 Å². The predicted octanol–water partition coefficient (Wildman–Crippen LogP) is 0.118. The Balaban J connectivity index is 2.22. The third kappa shape index (κ3) is 1.33. The number of alkyl carbamates (subject to hydrolysis) is 1. The second-order valence-electron chi connectivity index (χ2n) is 4.23. The van der Waals surface area contributed by atoms with E-state index in [0.29, 0.717) is 17.2 Å². The van der Waals surface area contributed by atoms with Gasteiger partial charge in [-0.25, -0.2) is 4.79 Å². The highest BCUT2D eigenvalue weighted by atomic mass is 16.6. The Labute approximate surface area is 113 Å². The Bertz CT molecular complexity index is 656. The molecule has 1 aromatic rings. The van der Waals surface area contributed by atoms with Gasteiger partial charge in [0.05, 0.1) is 19.9 Å². The third-order valence-electron chi connectivity index (χ3n) is 3.25. The zero-order valence-electron chi connectivity index (χ0n) is 10.6. The van der Waals surface area contributed by atoms with Crippen molar-refractivity contribution in [2.24, 2.45) is 0 Å². The van der Waals surface area contributed by atoms with Crippen LogP contribution in [0.2, 0.25) is 0 Å². The Morgan fingerprint density at radius 3 is 2.15 bits per heavy atom. The minimum atomic E-state index is -1.99. The largest absolute Gasteiger partial charge is 0.493 e. The number of ether oxygens (including phenoxy) is 3. The first kappa shape index (κ1) is 12.3. The molecule has 1 atom stereocenters. The maximum atomic E-state index is 12.1. The van der Waals surface area contributed by atoms with Gasteiger partial charge in [0, 0.05) is 11.6 Å². The number of imide groups is 1. The van der Waals surface area contributed by atoms with Crippen LogP contribution in [0.25, 0.3) is 0 Å². The molecule has 8 nitrogen and oxygen atoms in total. The molecule has 2 N–H and O–H groups in total. The Hall–Kier alpha value is -2.77. The number of anilines is 1. The van der Waals surface area contributed by atoms with Crippen molar-refractivity contribution in [3.63, 3.8) is 0 Å². The second-order valence-corrected chi connectivity index (χ2v) is 4.23. The molecule has 1 saturated heterocycles. The molecular formula is C12H10N2O6. The fraction of sp³-hybridized carbons (Fsp3) is 0.250. The molecule has 104 valence electrons. The van der Waals surface area contributed by atoms with E-state index in [4.69, 9.17) is 14.2 Å². The summed E-state index contributed by atoms with van der Waals surface area (Å²) in [6.07, 6.45) is -0.965. The van der Waals surface area contributed by atoms with Gasteiger partial charge in [-0.05, 0) is 6.07 Å². The topological polar surface area (TPSA) is 103 Å². The van der Waals surface area contributed by atoms with Gasteiger partial charge in [-0.1, -0.05) is 0 Å². The van der Waals surface area contributed by atoms with Crippen LogP contribution in [-0.4, -0.2) is 32.1 Å². The summed E-state index contributed by atoms with van der Waals surface area (Å²) in [6.45, 7) is 0. The van der Waals surface area contributed by atoms with Crippen molar-refractivity contribution >= 4 is 23.6 Å². The van der Waals surface area contributed by atoms with E-state index >= 15 is 0 Å². The van der Waals surface area contributed by atoms with Crippen LogP contribution >= 0.6 is 0 Å². The van der Waals surface area contributed by atoms with Crippen molar-refractivity contribution in [3.05, 3.63) is 17.7 Å². The Morgan fingerprint density at radius 1 is 1.00 bits per heavy atom. The molecule has 0 bridgehead atoms. The van der Waals surface area contributed by atoms with Crippen LogP contribution in [0.5, 0.6) is 11.5 Å². The summed E-state index contributed by atoms with van der Waals surface area (Å²) in [4.78, 5) is 35.3. The van der Waals surface area contributed by atoms with E-state index < -0.39 is 23.5 Å². The lowest BCUT2D eigenvalue weighted by Crippen LogP contribution is -2.42. The zero-order valence-corrected chi connectivity index (χ0v) is 10.6. The number of hydrogen-bond donors (Lipinski definition) is 2. The van der Waals surface area contributed by atoms with Gasteiger partial charge in [0.1, 0.15) is 0 Å². The standard InChI is InChI=1S/C12H10N2O6/c1-18-7-3-5-6(4-8(7)19-2)13-9(15)12(5)10(16)14-11(17)20-12/h3-4H,1-2H3,(H,13,15)(H,14,16,17)/t12-/m0/s1. The Kier molecular flexibility index (Phi) is 2.37. The monoisotopic (exact) mass is 278 g/mol. The smallest absolute Gasteiger partial charge is 0.415 e. The number of methoxy groups -OCH3 is 2. The summed E-state index contributed by atoms with van der Waals surface area (Å²) < 4.78 is 15.2. The van der Waals surface area contributed by atoms with Crippen LogP contribution in [0.1, 0.15) is 5.56 Å². The third-order valence-corrected chi connectivity index (χ3v) is 3.25. The van der Waals surface area contributed by atoms with Crippen LogP contribution in [-0.2, 0) is 19.9 Å². The second kappa shape index (κ2) is 3.86. The highest BCUT2D eigenvalue weighted by Gasteiger charge is 2.61. The van der Waals surface area contributed by atoms with Gasteiger partial charge in [-0.2, -0.15) is 0 Å². The van der Waals surface area contributed by atoms with Gasteiger partial charge >= 0.3 is 6.09 Å². The van der Waals surface area contributed by atoms with E-state index in [0.717, 1.165) is 0 Å². The van der Waals surface area contributed by atoms with Crippen LogP contribution in [0.3, 0.4) is 0 Å². The lowest BCUT2D eigenvalue weighted by atomic mass is 9.94. The molecule has 0 saturated carbocycles. The number of rotatable bonds is 2. The molecule has 2 aliphatic rings. The maximum Gasteiger partial charge on any atom is 0.415 e. The number of hydrogen-bond acceptors (Lipinski definition) is 6. The summed E-state index contributed by atoms with van der Waals surface area (Å²) in [5, 5.41) is 4.45. The van der Waals surface area contributed by atoms with E-state index in [9.17, 15) is 14.4 Å². The molecule has 0 unspecified atom stereocenters. The highest BCUT2D eigenvalue weighted by Crippen LogP contribution is 2.46. The molecule has 1 fully saturated rings. The van der Waals surface area contributed by atoms with Gasteiger partial charge in [0.15, 0.2) is 11.5 Å². The van der Waals surface area contributed by atoms with Gasteiger partial charge in [-0.3, -0.25) is 14.9 Å². The van der Waals surface area contributed by atoms with E-state index in [-0.39, 0.29) is 5.56 Å². The number of fused-ring (bicyclic) bond motifs is 2. The van der Waals surface area contributed by atoms with Gasteiger partial charge in [0.25, 0.3) is 17.4 Å². The van der Waals surface area contributed by atoms with E-state index in [2.05, 4.69) is 5.32 Å². The summed E-state index contributed by atoms with van der Waals surface area (Å²) in [5.74, 6) is -0.858. The van der Waals surface area contributed by atoms with Gasteiger partial charge in [-0.15, -0.1) is 0 Å². The average Bonchev–Trinajstić information content (AvgIpc) is 2.87. The van der Waals surface area contributed by atoms with Crippen LogP contribution in [0.15, 0.2) is 12.1 Å². The highest BCUT2D eigenvalue weighted by molar-refractivity contribution is 6.24. The molecule has 1 aromatic carbocycles. The fourth-order valence-corrected chi connectivity index (χ4v) is 2.32. The molecular weight excluding hydrogens is 268 g/mol. The zero-order chi connectivity index (χ0) is 14.5. The average molecular weight is 278 g/mol. The van der Waals surface area contributed by atoms with Crippen molar-refractivity contribution < 1.29 is 28.6 Å². The molecule has 0 aliphatic carbocycles. The molecule has 20 heavy (non-hydrogen) atoms. The lowest BCUT2D eigenvalue weighted by Gasteiger charge is -2.17. The van der Waals surface area contributed by atoms with Crippen LogP contribution in [0, 0.1) is 0 Å². The lowest BCUT2D eigenvalue weighted by molar-refractivity contribution is -0.143. The Morgan fingerprint density at radius 2 is 1.60 bits per heavy atom. The van der Waals surface area contributed by atoms with Crippen LogP contribution < -0.4 is 20.1 Å². The number of carbonyl (C=O) groups is 3. The maximum absolute atomic E-state index is 12.1. The van der Waals surface area contributed by atoms with E-state index in [1.807, 2.05) is 5.32 Å². The summed E-state index contributed by atoms with van der Waals surface area (Å²) in [5.41, 5.74) is -1.45. The SMILES string of the molecule is COc1cc2c(cc1OC)[C@]1(OC(=O)NC1=O)C(=O)N2. The van der Waals surface area contributed by atoms with Crippen molar-refractivity contribution in [2.75, 3.05) is 19.5 Å². The predicted molar refractivity (Wildman–Crippen MR) is 64.5 cm³/mol.